The maximum Gasteiger partial charge on any atom is 0.276 e. The van der Waals surface area contributed by atoms with Gasteiger partial charge in [0.15, 0.2) is 17.8 Å². The molecule has 8 heteroatoms. The number of aromatic nitrogens is 3. The molecule has 2 aromatic heterocycles. The highest BCUT2D eigenvalue weighted by molar-refractivity contribution is 5.97. The van der Waals surface area contributed by atoms with E-state index in [2.05, 4.69) is 15.0 Å². The van der Waals surface area contributed by atoms with Crippen molar-refractivity contribution < 1.29 is 13.6 Å². The van der Waals surface area contributed by atoms with Crippen LogP contribution in [0.2, 0.25) is 0 Å². The number of amides is 1. The summed E-state index contributed by atoms with van der Waals surface area (Å²) in [4.78, 5) is 29.2. The Morgan fingerprint density at radius 3 is 2.38 bits per heavy atom. The topological polar surface area (TPSA) is 75.4 Å². The first-order valence-electron chi connectivity index (χ1n) is 8.23. The number of hydrogen-bond acceptors (Lipinski definition) is 6. The van der Waals surface area contributed by atoms with Gasteiger partial charge in [-0.2, -0.15) is 0 Å². The zero-order valence-corrected chi connectivity index (χ0v) is 13.9. The Kier molecular flexibility index (Phi) is 4.30. The smallest absolute Gasteiger partial charge is 0.276 e. The van der Waals surface area contributed by atoms with Crippen molar-refractivity contribution in [3.05, 3.63) is 60.6 Å². The summed E-state index contributed by atoms with van der Waals surface area (Å²) >= 11 is 0. The molecule has 26 heavy (non-hydrogen) atoms. The van der Waals surface area contributed by atoms with E-state index in [0.29, 0.717) is 43.5 Å². The van der Waals surface area contributed by atoms with E-state index in [1.165, 1.54) is 18.5 Å². The minimum Gasteiger partial charge on any atom is -0.443 e. The summed E-state index contributed by atoms with van der Waals surface area (Å²) in [5.74, 6) is 0.462. The van der Waals surface area contributed by atoms with Crippen LogP contribution < -0.4 is 4.90 Å². The molecule has 0 unspecified atom stereocenters. The lowest BCUT2D eigenvalue weighted by Crippen LogP contribution is -2.49. The van der Waals surface area contributed by atoms with E-state index in [1.807, 2.05) is 4.90 Å². The largest absolute Gasteiger partial charge is 0.443 e. The predicted molar refractivity (Wildman–Crippen MR) is 92.0 cm³/mol. The molecule has 1 aromatic carbocycles. The lowest BCUT2D eigenvalue weighted by molar-refractivity contribution is 0.0741. The van der Waals surface area contributed by atoms with Crippen molar-refractivity contribution in [1.82, 2.24) is 19.9 Å². The number of oxazole rings is 1. The van der Waals surface area contributed by atoms with Crippen LogP contribution in [0.4, 0.5) is 10.3 Å². The van der Waals surface area contributed by atoms with Crippen LogP contribution in [-0.4, -0.2) is 51.9 Å². The standard InChI is InChI=1S/C18H16FN5O2/c19-14-4-2-13(3-5-14)16-15(22-12-26-16)17(25)23-8-10-24(11-9-23)18-20-6-1-7-21-18/h1-7,12H,8-11H2. The molecule has 0 bridgehead atoms. The van der Waals surface area contributed by atoms with Gasteiger partial charge in [-0.05, 0) is 30.3 Å². The Labute approximate surface area is 149 Å². The van der Waals surface area contributed by atoms with Crippen LogP contribution in [0, 0.1) is 5.82 Å². The van der Waals surface area contributed by atoms with E-state index in [0.717, 1.165) is 0 Å². The van der Waals surface area contributed by atoms with Crippen molar-refractivity contribution in [3.8, 4) is 11.3 Å². The van der Waals surface area contributed by atoms with Crippen LogP contribution in [0.5, 0.6) is 0 Å². The molecular formula is C18H16FN5O2. The molecule has 1 aliphatic heterocycles. The van der Waals surface area contributed by atoms with Crippen molar-refractivity contribution in [2.75, 3.05) is 31.1 Å². The van der Waals surface area contributed by atoms with Crippen LogP contribution >= 0.6 is 0 Å². The molecule has 3 aromatic rings. The summed E-state index contributed by atoms with van der Waals surface area (Å²) in [6.07, 6.45) is 4.63. The minimum atomic E-state index is -0.347. The second kappa shape index (κ2) is 6.91. The number of benzene rings is 1. The Morgan fingerprint density at radius 1 is 1.00 bits per heavy atom. The first kappa shape index (κ1) is 16.2. The van der Waals surface area contributed by atoms with Crippen molar-refractivity contribution in [1.29, 1.82) is 0 Å². The summed E-state index contributed by atoms with van der Waals surface area (Å²) in [5.41, 5.74) is 0.851. The molecule has 132 valence electrons. The maximum atomic E-state index is 13.1. The van der Waals surface area contributed by atoms with E-state index in [-0.39, 0.29) is 17.4 Å². The van der Waals surface area contributed by atoms with Gasteiger partial charge in [0.05, 0.1) is 0 Å². The molecule has 0 atom stereocenters. The summed E-state index contributed by atoms with van der Waals surface area (Å²) in [6.45, 7) is 2.35. The quantitative estimate of drug-likeness (QED) is 0.719. The average molecular weight is 353 g/mol. The third-order valence-corrected chi connectivity index (χ3v) is 4.28. The fraction of sp³-hybridized carbons (Fsp3) is 0.222. The highest BCUT2D eigenvalue weighted by Crippen LogP contribution is 2.25. The monoisotopic (exact) mass is 353 g/mol. The number of carbonyl (C=O) groups is 1. The number of carbonyl (C=O) groups excluding carboxylic acids is 1. The van der Waals surface area contributed by atoms with Gasteiger partial charge in [0.25, 0.3) is 5.91 Å². The third-order valence-electron chi connectivity index (χ3n) is 4.28. The summed E-state index contributed by atoms with van der Waals surface area (Å²) < 4.78 is 18.5. The molecular weight excluding hydrogens is 337 g/mol. The second-order valence-electron chi connectivity index (χ2n) is 5.87. The number of anilines is 1. The van der Waals surface area contributed by atoms with E-state index >= 15 is 0 Å². The number of rotatable bonds is 3. The van der Waals surface area contributed by atoms with Gasteiger partial charge < -0.3 is 14.2 Å². The fourth-order valence-corrected chi connectivity index (χ4v) is 2.92. The molecule has 0 saturated carbocycles. The van der Waals surface area contributed by atoms with Gasteiger partial charge >= 0.3 is 0 Å². The van der Waals surface area contributed by atoms with Crippen LogP contribution in [0.15, 0.2) is 53.5 Å². The van der Waals surface area contributed by atoms with Crippen LogP contribution in [0.3, 0.4) is 0 Å². The lowest BCUT2D eigenvalue weighted by atomic mass is 10.1. The van der Waals surface area contributed by atoms with Gasteiger partial charge in [0, 0.05) is 44.1 Å². The zero-order valence-electron chi connectivity index (χ0n) is 13.9. The van der Waals surface area contributed by atoms with Crippen molar-refractivity contribution >= 4 is 11.9 Å². The number of piperazine rings is 1. The van der Waals surface area contributed by atoms with Crippen LogP contribution in [0.25, 0.3) is 11.3 Å². The Hall–Kier alpha value is -3.29. The van der Waals surface area contributed by atoms with E-state index < -0.39 is 0 Å². The van der Waals surface area contributed by atoms with Gasteiger partial charge in [0.2, 0.25) is 5.95 Å². The Bertz CT molecular complexity index is 889. The highest BCUT2D eigenvalue weighted by atomic mass is 19.1. The molecule has 1 amide bonds. The molecule has 7 nitrogen and oxygen atoms in total. The molecule has 4 rings (SSSR count). The highest BCUT2D eigenvalue weighted by Gasteiger charge is 2.27. The van der Waals surface area contributed by atoms with E-state index in [4.69, 9.17) is 4.42 Å². The van der Waals surface area contributed by atoms with Gasteiger partial charge in [0.1, 0.15) is 5.82 Å². The van der Waals surface area contributed by atoms with Gasteiger partial charge in [-0.1, -0.05) is 0 Å². The minimum absolute atomic E-state index is 0.202. The number of hydrogen-bond donors (Lipinski definition) is 0. The molecule has 1 saturated heterocycles. The van der Waals surface area contributed by atoms with Gasteiger partial charge in [-0.15, -0.1) is 0 Å². The number of nitrogens with zero attached hydrogens (tertiary/aromatic N) is 5. The van der Waals surface area contributed by atoms with Gasteiger partial charge in [-0.3, -0.25) is 4.79 Å². The number of halogens is 1. The second-order valence-corrected chi connectivity index (χ2v) is 5.87. The van der Waals surface area contributed by atoms with Crippen molar-refractivity contribution in [2.45, 2.75) is 0 Å². The molecule has 0 radical (unpaired) electrons. The van der Waals surface area contributed by atoms with E-state index in [9.17, 15) is 9.18 Å². The maximum absolute atomic E-state index is 13.1. The third kappa shape index (κ3) is 3.13. The molecule has 0 aliphatic carbocycles. The predicted octanol–water partition coefficient (Wildman–Crippen LogP) is 2.23. The van der Waals surface area contributed by atoms with Gasteiger partial charge in [-0.25, -0.2) is 19.3 Å². The molecule has 0 N–H and O–H groups in total. The van der Waals surface area contributed by atoms with Crippen LogP contribution in [0.1, 0.15) is 10.5 Å². The molecule has 3 heterocycles. The Balaban J connectivity index is 1.48. The average Bonchev–Trinajstić information content (AvgIpc) is 3.19. The first-order chi connectivity index (χ1) is 12.7. The molecule has 0 spiro atoms. The SMILES string of the molecule is O=C(c1ncoc1-c1ccc(F)cc1)N1CCN(c2ncccn2)CC1. The normalized spacial score (nSPS) is 14.5. The summed E-state index contributed by atoms with van der Waals surface area (Å²) in [5, 5.41) is 0. The Morgan fingerprint density at radius 2 is 1.69 bits per heavy atom. The van der Waals surface area contributed by atoms with Crippen molar-refractivity contribution in [3.63, 3.8) is 0 Å². The van der Waals surface area contributed by atoms with E-state index in [1.54, 1.807) is 35.5 Å². The lowest BCUT2D eigenvalue weighted by Gasteiger charge is -2.34. The molecule has 1 aliphatic rings. The molecule has 1 fully saturated rings. The van der Waals surface area contributed by atoms with Crippen LogP contribution in [-0.2, 0) is 0 Å². The zero-order chi connectivity index (χ0) is 17.9. The summed E-state index contributed by atoms with van der Waals surface area (Å²) in [6, 6.07) is 7.55. The first-order valence-corrected chi connectivity index (χ1v) is 8.23. The van der Waals surface area contributed by atoms with Crippen molar-refractivity contribution in [2.24, 2.45) is 0 Å². The summed E-state index contributed by atoms with van der Waals surface area (Å²) in [7, 11) is 0. The fourth-order valence-electron chi connectivity index (χ4n) is 2.92.